The normalized spacial score (nSPS) is 12.2. The molecule has 0 fully saturated rings. The van der Waals surface area contributed by atoms with Gasteiger partial charge >= 0.3 is 5.97 Å². The van der Waals surface area contributed by atoms with E-state index < -0.39 is 8.32 Å². The molecule has 0 aromatic rings. The number of hydrogen-bond acceptors (Lipinski definition) is 3. The summed E-state index contributed by atoms with van der Waals surface area (Å²) in [6.07, 6.45) is 30.7. The van der Waals surface area contributed by atoms with E-state index in [0.29, 0.717) is 5.76 Å². The molecule has 3 nitrogen and oxygen atoms in total. The first-order valence-electron chi connectivity index (χ1n) is 14.4. The Hall–Kier alpha value is -0.773. The first-order chi connectivity index (χ1) is 15.9. The summed E-state index contributed by atoms with van der Waals surface area (Å²) in [5.41, 5.74) is 0. The summed E-state index contributed by atoms with van der Waals surface area (Å²) in [5, 5.41) is 0. The predicted molar refractivity (Wildman–Crippen MR) is 147 cm³/mol. The SMILES string of the molecule is CCCCCCCCCCCCCCCCCCCCCC/C=C(\O[Si](C)(C)C)C(=O)OC. The van der Waals surface area contributed by atoms with Crippen LogP contribution in [0, 0.1) is 0 Å². The molecule has 0 heterocycles. The Morgan fingerprint density at radius 3 is 1.24 bits per heavy atom. The maximum absolute atomic E-state index is 11.8. The van der Waals surface area contributed by atoms with Crippen molar-refractivity contribution in [2.24, 2.45) is 0 Å². The molecule has 0 N–H and O–H groups in total. The van der Waals surface area contributed by atoms with Gasteiger partial charge in [0.2, 0.25) is 8.32 Å². The second-order valence-corrected chi connectivity index (χ2v) is 15.2. The van der Waals surface area contributed by atoms with Gasteiger partial charge in [-0.3, -0.25) is 0 Å². The van der Waals surface area contributed by atoms with E-state index in [-0.39, 0.29) is 5.97 Å². The largest absolute Gasteiger partial charge is 0.540 e. The first kappa shape index (κ1) is 32.2. The van der Waals surface area contributed by atoms with E-state index in [1.54, 1.807) is 0 Å². The number of unbranched alkanes of at least 4 members (excludes halogenated alkanes) is 20. The zero-order valence-electron chi connectivity index (χ0n) is 23.2. The van der Waals surface area contributed by atoms with Crippen molar-refractivity contribution in [3.63, 3.8) is 0 Å². The molecular formula is C29H58O3Si. The molecule has 0 radical (unpaired) electrons. The molecule has 0 aromatic carbocycles. The summed E-state index contributed by atoms with van der Waals surface area (Å²) < 4.78 is 10.7. The fourth-order valence-electron chi connectivity index (χ4n) is 4.23. The predicted octanol–water partition coefficient (Wildman–Crippen LogP) is 10.1. The lowest BCUT2D eigenvalue weighted by molar-refractivity contribution is -0.138. The van der Waals surface area contributed by atoms with Crippen LogP contribution in [-0.2, 0) is 14.0 Å². The van der Waals surface area contributed by atoms with Crippen molar-refractivity contribution in [1.82, 2.24) is 0 Å². The Balaban J connectivity index is 3.40. The molecule has 33 heavy (non-hydrogen) atoms. The van der Waals surface area contributed by atoms with Gasteiger partial charge in [-0.2, -0.15) is 0 Å². The molecule has 0 saturated heterocycles. The highest BCUT2D eigenvalue weighted by atomic mass is 28.4. The van der Waals surface area contributed by atoms with Crippen molar-refractivity contribution < 1.29 is 14.0 Å². The molecule has 4 heteroatoms. The summed E-state index contributed by atoms with van der Waals surface area (Å²) in [6, 6.07) is 0. The summed E-state index contributed by atoms with van der Waals surface area (Å²) in [7, 11) is -0.367. The summed E-state index contributed by atoms with van der Waals surface area (Å²) >= 11 is 0. The smallest absolute Gasteiger partial charge is 0.371 e. The van der Waals surface area contributed by atoms with Gasteiger partial charge in [-0.1, -0.05) is 129 Å². The molecule has 0 bridgehead atoms. The molecule has 0 amide bonds. The maximum atomic E-state index is 11.8. The Morgan fingerprint density at radius 1 is 0.606 bits per heavy atom. The van der Waals surface area contributed by atoms with Crippen LogP contribution in [0.15, 0.2) is 11.8 Å². The number of carbonyl (C=O) groups is 1. The fourth-order valence-corrected chi connectivity index (χ4v) is 5.06. The van der Waals surface area contributed by atoms with Crippen molar-refractivity contribution in [1.29, 1.82) is 0 Å². The van der Waals surface area contributed by atoms with Gasteiger partial charge in [0.05, 0.1) is 7.11 Å². The highest BCUT2D eigenvalue weighted by Crippen LogP contribution is 2.16. The van der Waals surface area contributed by atoms with E-state index in [1.165, 1.54) is 129 Å². The minimum absolute atomic E-state index is 0.342. The van der Waals surface area contributed by atoms with Crippen LogP contribution < -0.4 is 0 Å². The van der Waals surface area contributed by atoms with Gasteiger partial charge in [0, 0.05) is 0 Å². The molecule has 0 aliphatic carbocycles. The zero-order valence-corrected chi connectivity index (χ0v) is 24.2. The van der Waals surface area contributed by atoms with Crippen molar-refractivity contribution in [2.45, 2.75) is 161 Å². The molecule has 0 spiro atoms. The lowest BCUT2D eigenvalue weighted by atomic mass is 10.0. The van der Waals surface area contributed by atoms with Crippen LogP contribution in [0.3, 0.4) is 0 Å². The Bertz CT molecular complexity index is 468. The number of methoxy groups -OCH3 is 1. The van der Waals surface area contributed by atoms with Gasteiger partial charge in [-0.25, -0.2) is 4.79 Å². The number of hydrogen-bond donors (Lipinski definition) is 0. The van der Waals surface area contributed by atoms with Crippen molar-refractivity contribution in [3.8, 4) is 0 Å². The average molecular weight is 483 g/mol. The Labute approximate surface area is 208 Å². The van der Waals surface area contributed by atoms with Gasteiger partial charge in [0.25, 0.3) is 0 Å². The van der Waals surface area contributed by atoms with E-state index >= 15 is 0 Å². The molecular weight excluding hydrogens is 424 g/mol. The second kappa shape index (κ2) is 23.0. The van der Waals surface area contributed by atoms with E-state index in [4.69, 9.17) is 9.16 Å². The number of allylic oxidation sites excluding steroid dienone is 1. The lowest BCUT2D eigenvalue weighted by Gasteiger charge is -2.20. The highest BCUT2D eigenvalue weighted by molar-refractivity contribution is 6.70. The summed E-state index contributed by atoms with van der Waals surface area (Å²) in [4.78, 5) is 11.8. The van der Waals surface area contributed by atoms with Crippen LogP contribution in [0.2, 0.25) is 19.6 Å². The molecule has 0 aliphatic heterocycles. The fraction of sp³-hybridized carbons (Fsp3) is 0.897. The first-order valence-corrected chi connectivity index (χ1v) is 17.8. The molecule has 0 aromatic heterocycles. The summed E-state index contributed by atoms with van der Waals surface area (Å²) in [5.74, 6) is 0.0695. The molecule has 196 valence electrons. The van der Waals surface area contributed by atoms with Crippen LogP contribution in [0.25, 0.3) is 0 Å². The Kier molecular flexibility index (Phi) is 22.5. The van der Waals surface area contributed by atoms with Crippen LogP contribution >= 0.6 is 0 Å². The van der Waals surface area contributed by atoms with E-state index in [9.17, 15) is 4.79 Å². The third kappa shape index (κ3) is 24.2. The van der Waals surface area contributed by atoms with E-state index in [2.05, 4.69) is 26.6 Å². The maximum Gasteiger partial charge on any atom is 0.371 e. The zero-order chi connectivity index (χ0) is 24.6. The summed E-state index contributed by atoms with van der Waals surface area (Å²) in [6.45, 7) is 8.55. The van der Waals surface area contributed by atoms with Crippen molar-refractivity contribution >= 4 is 14.3 Å². The van der Waals surface area contributed by atoms with Gasteiger partial charge in [-0.05, 0) is 38.6 Å². The van der Waals surface area contributed by atoms with E-state index in [0.717, 1.165) is 12.8 Å². The lowest BCUT2D eigenvalue weighted by Crippen LogP contribution is -2.27. The second-order valence-electron chi connectivity index (χ2n) is 10.8. The van der Waals surface area contributed by atoms with Crippen molar-refractivity contribution in [3.05, 3.63) is 11.8 Å². The topological polar surface area (TPSA) is 35.5 Å². The highest BCUT2D eigenvalue weighted by Gasteiger charge is 2.22. The molecule has 0 rings (SSSR count). The van der Waals surface area contributed by atoms with Crippen LogP contribution in [0.5, 0.6) is 0 Å². The molecule has 0 unspecified atom stereocenters. The quantitative estimate of drug-likeness (QED) is 0.0451. The standard InChI is InChI=1S/C29H58O3Si/c1-6-7-8-9-10-11-12-13-14-15-16-17-18-19-20-21-22-23-24-25-26-27-28(29(30)31-2)32-33(3,4)5/h27H,6-26H2,1-5H3/b28-27-. The van der Waals surface area contributed by atoms with Crippen LogP contribution in [0.4, 0.5) is 0 Å². The molecule has 0 atom stereocenters. The third-order valence-electron chi connectivity index (χ3n) is 6.19. The van der Waals surface area contributed by atoms with Crippen LogP contribution in [0.1, 0.15) is 142 Å². The number of ether oxygens (including phenoxy) is 1. The minimum atomic E-state index is -1.79. The van der Waals surface area contributed by atoms with Gasteiger partial charge in [0.15, 0.2) is 5.76 Å². The minimum Gasteiger partial charge on any atom is -0.540 e. The number of rotatable bonds is 24. The van der Waals surface area contributed by atoms with Gasteiger partial charge in [0.1, 0.15) is 0 Å². The number of esters is 1. The average Bonchev–Trinajstić information content (AvgIpc) is 2.78. The van der Waals surface area contributed by atoms with Crippen molar-refractivity contribution in [2.75, 3.05) is 7.11 Å². The monoisotopic (exact) mass is 482 g/mol. The van der Waals surface area contributed by atoms with E-state index in [1.807, 2.05) is 6.08 Å². The van der Waals surface area contributed by atoms with Gasteiger partial charge < -0.3 is 9.16 Å². The third-order valence-corrected chi connectivity index (χ3v) is 7.02. The van der Waals surface area contributed by atoms with Gasteiger partial charge in [-0.15, -0.1) is 0 Å². The van der Waals surface area contributed by atoms with Crippen LogP contribution in [-0.4, -0.2) is 21.4 Å². The Morgan fingerprint density at radius 2 is 0.939 bits per heavy atom. The number of carbonyl (C=O) groups excluding carboxylic acids is 1. The molecule has 0 aliphatic rings. The molecule has 0 saturated carbocycles.